The summed E-state index contributed by atoms with van der Waals surface area (Å²) >= 11 is 0. The number of rotatable bonds is 4. The maximum Gasteiger partial charge on any atom is 0.0387 e. The first-order valence-electron chi connectivity index (χ1n) is 13.2. The molecule has 0 radical (unpaired) electrons. The fourth-order valence-corrected chi connectivity index (χ4v) is 5.86. The van der Waals surface area contributed by atoms with Gasteiger partial charge in [0.1, 0.15) is 0 Å². The van der Waals surface area contributed by atoms with Gasteiger partial charge in [0.15, 0.2) is 0 Å². The van der Waals surface area contributed by atoms with Crippen LogP contribution < -0.4 is 5.32 Å². The smallest absolute Gasteiger partial charge is 0.0387 e. The molecule has 1 fully saturated rings. The van der Waals surface area contributed by atoms with Crippen LogP contribution >= 0.6 is 0 Å². The van der Waals surface area contributed by atoms with Crippen LogP contribution in [0.15, 0.2) is 91.0 Å². The summed E-state index contributed by atoms with van der Waals surface area (Å²) in [6, 6.07) is 32.9. The Kier molecular flexibility index (Phi) is 5.01. The molecule has 0 aromatic heterocycles. The highest BCUT2D eigenvalue weighted by Gasteiger charge is 2.35. The van der Waals surface area contributed by atoms with Crippen molar-refractivity contribution in [3.63, 3.8) is 0 Å². The Morgan fingerprint density at radius 3 is 2.03 bits per heavy atom. The Balaban J connectivity index is 1.20. The monoisotopic (exact) mass is 444 g/mol. The Hall–Kier alpha value is -3.32. The van der Waals surface area contributed by atoms with Crippen LogP contribution in [0.4, 0.5) is 11.4 Å². The average Bonchev–Trinajstić information content (AvgIpc) is 3.12. The third-order valence-corrected chi connectivity index (χ3v) is 7.84. The van der Waals surface area contributed by atoms with E-state index >= 15 is 0 Å². The molecule has 0 bridgehead atoms. The third kappa shape index (κ3) is 3.74. The van der Waals surface area contributed by atoms with Crippen LogP contribution in [0.2, 0.25) is 0 Å². The van der Waals surface area contributed by atoms with E-state index in [0.29, 0.717) is 0 Å². The largest absolute Gasteiger partial charge is 0.356 e. The van der Waals surface area contributed by atoms with Gasteiger partial charge >= 0.3 is 0 Å². The van der Waals surface area contributed by atoms with Crippen LogP contribution in [-0.2, 0) is 5.41 Å². The second-order valence-corrected chi connectivity index (χ2v) is 10.4. The molecule has 0 amide bonds. The second-order valence-electron chi connectivity index (χ2n) is 10.4. The summed E-state index contributed by atoms with van der Waals surface area (Å²) in [5, 5.41) is 3.61. The zero-order valence-corrected chi connectivity index (χ0v) is 20.2. The predicted molar refractivity (Wildman–Crippen MR) is 145 cm³/mol. The normalized spacial score (nSPS) is 18.0. The number of anilines is 2. The summed E-state index contributed by atoms with van der Waals surface area (Å²) in [7, 11) is 0. The summed E-state index contributed by atoms with van der Waals surface area (Å²) in [6.07, 6.45) is 5.59. The van der Waals surface area contributed by atoms with Gasteiger partial charge in [-0.25, -0.2) is 0 Å². The Bertz CT molecular complexity index is 1360. The van der Waals surface area contributed by atoms with E-state index in [9.17, 15) is 0 Å². The summed E-state index contributed by atoms with van der Waals surface area (Å²) in [5.74, 6) is -0.393. The number of fused-ring (bicyclic) bond motifs is 3. The van der Waals surface area contributed by atoms with Crippen LogP contribution in [0, 0.1) is 0 Å². The molecule has 1 saturated carbocycles. The quantitative estimate of drug-likeness (QED) is 0.330. The standard InChI is InChI=1S/C33H33N/c1-33(2)31-11-7-6-10-29(31)30-21-20-28(22-32(30)33)34-27-18-16-26(17-19-27)25-14-12-24(13-15-25)23-8-4-3-5-9-23/h6-7,10-23,34H,3-5,8-9H2,1-2H3/i23D. The third-order valence-electron chi connectivity index (χ3n) is 7.84. The Morgan fingerprint density at radius 1 is 0.676 bits per heavy atom. The minimum Gasteiger partial charge on any atom is -0.356 e. The maximum atomic E-state index is 8.87. The van der Waals surface area contributed by atoms with Crippen molar-refractivity contribution in [3.8, 4) is 22.3 Å². The van der Waals surface area contributed by atoms with Crippen molar-refractivity contribution >= 4 is 11.4 Å². The predicted octanol–water partition coefficient (Wildman–Crippen LogP) is 9.45. The van der Waals surface area contributed by atoms with Crippen LogP contribution in [0.25, 0.3) is 22.3 Å². The van der Waals surface area contributed by atoms with Gasteiger partial charge in [-0.1, -0.05) is 99.8 Å². The first-order chi connectivity index (χ1) is 16.9. The lowest BCUT2D eigenvalue weighted by molar-refractivity contribution is 0.443. The van der Waals surface area contributed by atoms with E-state index in [1.807, 2.05) is 0 Å². The lowest BCUT2D eigenvalue weighted by Crippen LogP contribution is -2.15. The molecule has 2 aliphatic carbocycles. The van der Waals surface area contributed by atoms with Crippen LogP contribution in [-0.4, -0.2) is 0 Å². The van der Waals surface area contributed by atoms with Gasteiger partial charge in [0.25, 0.3) is 0 Å². The minimum absolute atomic E-state index is 0.00882. The molecular weight excluding hydrogens is 410 g/mol. The van der Waals surface area contributed by atoms with E-state index in [-0.39, 0.29) is 5.41 Å². The highest BCUT2D eigenvalue weighted by Crippen LogP contribution is 2.49. The molecule has 0 heterocycles. The van der Waals surface area contributed by atoms with Gasteiger partial charge in [-0.2, -0.15) is 0 Å². The summed E-state index contributed by atoms with van der Waals surface area (Å²) < 4.78 is 8.87. The summed E-state index contributed by atoms with van der Waals surface area (Å²) in [5.41, 5.74) is 11.3. The molecule has 1 N–H and O–H groups in total. The number of hydrogen-bond acceptors (Lipinski definition) is 1. The molecule has 6 rings (SSSR count). The second kappa shape index (κ2) is 8.47. The van der Waals surface area contributed by atoms with Crippen molar-refractivity contribution in [3.05, 3.63) is 108 Å². The maximum absolute atomic E-state index is 8.87. The van der Waals surface area contributed by atoms with Gasteiger partial charge in [0, 0.05) is 18.2 Å². The van der Waals surface area contributed by atoms with E-state index in [1.54, 1.807) is 0 Å². The molecule has 0 atom stereocenters. The van der Waals surface area contributed by atoms with Gasteiger partial charge in [-0.15, -0.1) is 0 Å². The SMILES string of the molecule is [2H]C1(c2ccc(-c3ccc(Nc4ccc5c(c4)C(C)(C)c4ccccc4-5)cc3)cc2)CCCCC1. The van der Waals surface area contributed by atoms with Crippen LogP contribution in [0.5, 0.6) is 0 Å². The van der Waals surface area contributed by atoms with Gasteiger partial charge in [0.2, 0.25) is 0 Å². The minimum atomic E-state index is -0.393. The molecule has 4 aromatic carbocycles. The highest BCUT2D eigenvalue weighted by molar-refractivity contribution is 5.83. The molecule has 4 aromatic rings. The van der Waals surface area contributed by atoms with Gasteiger partial charge < -0.3 is 5.32 Å². The Morgan fingerprint density at radius 2 is 1.29 bits per heavy atom. The molecule has 34 heavy (non-hydrogen) atoms. The lowest BCUT2D eigenvalue weighted by Gasteiger charge is -2.22. The fourth-order valence-electron chi connectivity index (χ4n) is 5.86. The van der Waals surface area contributed by atoms with Crippen molar-refractivity contribution in [1.29, 1.82) is 0 Å². The van der Waals surface area contributed by atoms with Crippen molar-refractivity contribution in [1.82, 2.24) is 0 Å². The molecule has 1 nitrogen and oxygen atoms in total. The van der Waals surface area contributed by atoms with E-state index in [2.05, 4.69) is 110 Å². The molecule has 0 aliphatic heterocycles. The van der Waals surface area contributed by atoms with E-state index in [0.717, 1.165) is 24.2 Å². The van der Waals surface area contributed by atoms with Crippen molar-refractivity contribution < 1.29 is 1.37 Å². The number of benzene rings is 4. The van der Waals surface area contributed by atoms with Gasteiger partial charge in [-0.3, -0.25) is 0 Å². The molecule has 0 spiro atoms. The van der Waals surface area contributed by atoms with Crippen molar-refractivity contribution in [2.45, 2.75) is 57.3 Å². The zero-order chi connectivity index (χ0) is 24.0. The number of nitrogens with one attached hydrogen (secondary N) is 1. The first-order valence-corrected chi connectivity index (χ1v) is 12.7. The zero-order valence-electron chi connectivity index (χ0n) is 21.2. The van der Waals surface area contributed by atoms with Crippen LogP contribution in [0.1, 0.15) is 69.9 Å². The lowest BCUT2D eigenvalue weighted by atomic mass is 9.82. The highest BCUT2D eigenvalue weighted by atomic mass is 14.9. The molecule has 1 heteroatoms. The van der Waals surface area contributed by atoms with E-state index < -0.39 is 5.89 Å². The molecular formula is C33H33N. The van der Waals surface area contributed by atoms with Crippen molar-refractivity contribution in [2.75, 3.05) is 5.32 Å². The van der Waals surface area contributed by atoms with Gasteiger partial charge in [0.05, 0.1) is 0 Å². The van der Waals surface area contributed by atoms with Crippen molar-refractivity contribution in [2.24, 2.45) is 0 Å². The Labute approximate surface area is 205 Å². The topological polar surface area (TPSA) is 12.0 Å². The summed E-state index contributed by atoms with van der Waals surface area (Å²) in [4.78, 5) is 0. The average molecular weight is 445 g/mol. The molecule has 170 valence electrons. The number of hydrogen-bond donors (Lipinski definition) is 1. The molecule has 0 saturated heterocycles. The van der Waals surface area contributed by atoms with Gasteiger partial charge in [-0.05, 0) is 81.9 Å². The molecule has 0 unspecified atom stereocenters. The summed E-state index contributed by atoms with van der Waals surface area (Å²) in [6.45, 7) is 4.64. The fraction of sp³-hybridized carbons (Fsp3) is 0.273. The molecule has 2 aliphatic rings. The van der Waals surface area contributed by atoms with E-state index in [1.165, 1.54) is 58.2 Å². The first kappa shape index (κ1) is 20.1. The van der Waals surface area contributed by atoms with E-state index in [4.69, 9.17) is 1.37 Å². The van der Waals surface area contributed by atoms with Crippen LogP contribution in [0.3, 0.4) is 0 Å².